The number of hydrogen-bond acceptors (Lipinski definition) is 2. The number of hydrogen-bond donors (Lipinski definition) is 2. The second-order valence-electron chi connectivity index (χ2n) is 4.23. The number of carbonyl (C=O) groups is 2. The summed E-state index contributed by atoms with van der Waals surface area (Å²) in [5.74, 6) is -1.37. The molecule has 0 fully saturated rings. The lowest BCUT2D eigenvalue weighted by molar-refractivity contribution is -0.116. The number of anilines is 1. The zero-order valence-corrected chi connectivity index (χ0v) is 11.5. The van der Waals surface area contributed by atoms with Crippen molar-refractivity contribution < 1.29 is 14.7 Å². The van der Waals surface area contributed by atoms with Crippen LogP contribution in [0.1, 0.15) is 30.6 Å². The molecule has 18 heavy (non-hydrogen) atoms. The SMILES string of the molecule is CC(C)CC(=O)Nc1c(Cl)ccc(Cl)c1C(=O)O. The molecule has 0 saturated heterocycles. The number of nitrogens with one attached hydrogen (secondary N) is 1. The Bertz CT molecular complexity index is 486. The van der Waals surface area contributed by atoms with Gasteiger partial charge >= 0.3 is 5.97 Å². The van der Waals surface area contributed by atoms with Crippen LogP contribution in [0.2, 0.25) is 10.0 Å². The Morgan fingerprint density at radius 2 is 1.83 bits per heavy atom. The van der Waals surface area contributed by atoms with Crippen LogP contribution in [-0.4, -0.2) is 17.0 Å². The predicted molar refractivity (Wildman–Crippen MR) is 71.5 cm³/mol. The van der Waals surface area contributed by atoms with E-state index in [4.69, 9.17) is 28.3 Å². The van der Waals surface area contributed by atoms with Crippen molar-refractivity contribution in [2.45, 2.75) is 20.3 Å². The van der Waals surface area contributed by atoms with Crippen LogP contribution in [0, 0.1) is 5.92 Å². The van der Waals surface area contributed by atoms with E-state index in [1.54, 1.807) is 0 Å². The minimum atomic E-state index is -1.23. The molecule has 1 aromatic carbocycles. The van der Waals surface area contributed by atoms with Gasteiger partial charge in [0.2, 0.25) is 5.91 Å². The number of rotatable bonds is 4. The second kappa shape index (κ2) is 6.07. The van der Waals surface area contributed by atoms with Gasteiger partial charge in [-0.1, -0.05) is 37.0 Å². The van der Waals surface area contributed by atoms with Gasteiger partial charge in [0, 0.05) is 6.42 Å². The van der Waals surface area contributed by atoms with Gasteiger partial charge in [-0.15, -0.1) is 0 Å². The zero-order chi connectivity index (χ0) is 13.9. The fraction of sp³-hybridized carbons (Fsp3) is 0.333. The smallest absolute Gasteiger partial charge is 0.339 e. The summed E-state index contributed by atoms with van der Waals surface area (Å²) in [5.41, 5.74) is -0.149. The van der Waals surface area contributed by atoms with E-state index in [9.17, 15) is 9.59 Å². The van der Waals surface area contributed by atoms with Crippen LogP contribution in [-0.2, 0) is 4.79 Å². The van der Waals surface area contributed by atoms with Crippen molar-refractivity contribution in [3.8, 4) is 0 Å². The number of carboxylic acid groups (broad SMARTS) is 1. The summed E-state index contributed by atoms with van der Waals surface area (Å²) in [7, 11) is 0. The van der Waals surface area contributed by atoms with Crippen LogP contribution < -0.4 is 5.32 Å². The maximum atomic E-state index is 11.7. The van der Waals surface area contributed by atoms with Crippen molar-refractivity contribution in [3.63, 3.8) is 0 Å². The van der Waals surface area contributed by atoms with E-state index >= 15 is 0 Å². The minimum Gasteiger partial charge on any atom is -0.478 e. The fourth-order valence-electron chi connectivity index (χ4n) is 1.44. The monoisotopic (exact) mass is 289 g/mol. The van der Waals surface area contributed by atoms with Crippen molar-refractivity contribution in [1.29, 1.82) is 0 Å². The topological polar surface area (TPSA) is 66.4 Å². The standard InChI is InChI=1S/C12H13Cl2NO3/c1-6(2)5-9(16)15-11-8(14)4-3-7(13)10(11)12(17)18/h3-4,6H,5H2,1-2H3,(H,15,16)(H,17,18). The molecule has 0 radical (unpaired) electrons. The van der Waals surface area contributed by atoms with Crippen molar-refractivity contribution >= 4 is 40.8 Å². The Balaban J connectivity index is 3.11. The maximum Gasteiger partial charge on any atom is 0.339 e. The highest BCUT2D eigenvalue weighted by Gasteiger charge is 2.19. The van der Waals surface area contributed by atoms with E-state index < -0.39 is 5.97 Å². The lowest BCUT2D eigenvalue weighted by atomic mass is 10.1. The minimum absolute atomic E-state index is 0.0340. The first-order chi connectivity index (χ1) is 8.32. The van der Waals surface area contributed by atoms with E-state index in [-0.39, 0.29) is 39.5 Å². The molecule has 4 nitrogen and oxygen atoms in total. The quantitative estimate of drug-likeness (QED) is 0.889. The third-order valence-electron chi connectivity index (χ3n) is 2.18. The maximum absolute atomic E-state index is 11.7. The largest absolute Gasteiger partial charge is 0.478 e. The fourth-order valence-corrected chi connectivity index (χ4v) is 1.89. The van der Waals surface area contributed by atoms with Crippen LogP contribution in [0.25, 0.3) is 0 Å². The van der Waals surface area contributed by atoms with E-state index in [0.717, 1.165) is 0 Å². The lowest BCUT2D eigenvalue weighted by Gasteiger charge is -2.12. The highest BCUT2D eigenvalue weighted by molar-refractivity contribution is 6.38. The van der Waals surface area contributed by atoms with Gasteiger partial charge in [0.1, 0.15) is 5.56 Å². The first-order valence-electron chi connectivity index (χ1n) is 5.34. The van der Waals surface area contributed by atoms with Gasteiger partial charge in [0.25, 0.3) is 0 Å². The van der Waals surface area contributed by atoms with Crippen LogP contribution >= 0.6 is 23.2 Å². The number of carbonyl (C=O) groups excluding carboxylic acids is 1. The molecule has 1 rings (SSSR count). The Morgan fingerprint density at radius 1 is 1.28 bits per heavy atom. The molecule has 0 spiro atoms. The van der Waals surface area contributed by atoms with E-state index in [2.05, 4.69) is 5.32 Å². The van der Waals surface area contributed by atoms with Gasteiger partial charge in [-0.25, -0.2) is 4.79 Å². The molecule has 0 aliphatic heterocycles. The molecule has 0 bridgehead atoms. The highest BCUT2D eigenvalue weighted by atomic mass is 35.5. The Kier molecular flexibility index (Phi) is 4.99. The summed E-state index contributed by atoms with van der Waals surface area (Å²) in [6.07, 6.45) is 0.280. The normalized spacial score (nSPS) is 10.5. The number of aromatic carboxylic acids is 1. The van der Waals surface area contributed by atoms with Crippen LogP contribution in [0.4, 0.5) is 5.69 Å². The molecule has 6 heteroatoms. The van der Waals surface area contributed by atoms with Gasteiger partial charge in [-0.3, -0.25) is 4.79 Å². The van der Waals surface area contributed by atoms with Crippen molar-refractivity contribution in [3.05, 3.63) is 27.7 Å². The molecule has 0 heterocycles. The number of carboxylic acids is 1. The molecule has 1 aromatic rings. The van der Waals surface area contributed by atoms with E-state index in [0.29, 0.717) is 0 Å². The highest BCUT2D eigenvalue weighted by Crippen LogP contribution is 2.32. The van der Waals surface area contributed by atoms with Gasteiger partial charge in [0.15, 0.2) is 0 Å². The molecule has 0 unspecified atom stereocenters. The Hall–Kier alpha value is -1.26. The summed E-state index contributed by atoms with van der Waals surface area (Å²) in [4.78, 5) is 22.8. The third kappa shape index (κ3) is 3.62. The van der Waals surface area contributed by atoms with E-state index in [1.165, 1.54) is 12.1 Å². The average Bonchev–Trinajstić information content (AvgIpc) is 2.21. The predicted octanol–water partition coefficient (Wildman–Crippen LogP) is 3.68. The Labute approximate surface area is 115 Å². The second-order valence-corrected chi connectivity index (χ2v) is 5.04. The van der Waals surface area contributed by atoms with Gasteiger partial charge in [-0.2, -0.15) is 0 Å². The van der Waals surface area contributed by atoms with Crippen LogP contribution in [0.5, 0.6) is 0 Å². The number of halogens is 2. The summed E-state index contributed by atoms with van der Waals surface area (Å²) >= 11 is 11.7. The molecule has 2 N–H and O–H groups in total. The molecule has 0 aromatic heterocycles. The third-order valence-corrected chi connectivity index (χ3v) is 2.81. The molecule has 98 valence electrons. The van der Waals surface area contributed by atoms with Crippen LogP contribution in [0.3, 0.4) is 0 Å². The van der Waals surface area contributed by atoms with Crippen molar-refractivity contribution in [2.24, 2.45) is 5.92 Å². The first kappa shape index (κ1) is 14.8. The molecular formula is C12H13Cl2NO3. The van der Waals surface area contributed by atoms with Gasteiger partial charge in [-0.05, 0) is 18.1 Å². The molecule has 0 atom stereocenters. The van der Waals surface area contributed by atoms with Crippen molar-refractivity contribution in [2.75, 3.05) is 5.32 Å². The zero-order valence-electron chi connectivity index (χ0n) is 9.96. The summed E-state index contributed by atoms with van der Waals surface area (Å²) in [5, 5.41) is 11.7. The molecule has 0 saturated carbocycles. The molecule has 0 aliphatic carbocycles. The van der Waals surface area contributed by atoms with Crippen LogP contribution in [0.15, 0.2) is 12.1 Å². The first-order valence-corrected chi connectivity index (χ1v) is 6.09. The Morgan fingerprint density at radius 3 is 2.33 bits per heavy atom. The number of amides is 1. The van der Waals surface area contributed by atoms with E-state index in [1.807, 2.05) is 13.8 Å². The molecular weight excluding hydrogens is 277 g/mol. The summed E-state index contributed by atoms with van der Waals surface area (Å²) in [6.45, 7) is 3.77. The van der Waals surface area contributed by atoms with Gasteiger partial charge in [0.05, 0.1) is 15.7 Å². The van der Waals surface area contributed by atoms with Crippen molar-refractivity contribution in [1.82, 2.24) is 0 Å². The summed E-state index contributed by atoms with van der Waals surface area (Å²) in [6, 6.07) is 2.83. The lowest BCUT2D eigenvalue weighted by Crippen LogP contribution is -2.17. The summed E-state index contributed by atoms with van der Waals surface area (Å²) < 4.78 is 0. The molecule has 0 aliphatic rings. The average molecular weight is 290 g/mol. The molecule has 1 amide bonds. The van der Waals surface area contributed by atoms with Gasteiger partial charge < -0.3 is 10.4 Å². The number of benzene rings is 1.